The summed E-state index contributed by atoms with van der Waals surface area (Å²) in [7, 11) is 1.80. The summed E-state index contributed by atoms with van der Waals surface area (Å²) in [6.45, 7) is 10.4. The number of hydrogen-bond donors (Lipinski definition) is 3. The largest absolute Gasteiger partial charge is 0.379 e. The third-order valence-electron chi connectivity index (χ3n) is 6.50. The zero-order valence-electron chi connectivity index (χ0n) is 19.3. The maximum atomic E-state index is 12.2. The van der Waals surface area contributed by atoms with Crippen molar-refractivity contribution in [1.82, 2.24) is 20.9 Å². The summed E-state index contributed by atoms with van der Waals surface area (Å²) in [5, 5.41) is 9.93. The first-order valence-electron chi connectivity index (χ1n) is 11.7. The molecule has 0 aromatic rings. The molecule has 1 saturated carbocycles. The summed E-state index contributed by atoms with van der Waals surface area (Å²) < 4.78 is 5.54. The van der Waals surface area contributed by atoms with E-state index in [0.717, 1.165) is 51.6 Å². The molecule has 0 bridgehead atoms. The van der Waals surface area contributed by atoms with E-state index in [2.05, 4.69) is 39.7 Å². The molecule has 3 N–H and O–H groups in total. The van der Waals surface area contributed by atoms with E-state index in [0.29, 0.717) is 25.0 Å². The normalized spacial score (nSPS) is 19.8. The van der Waals surface area contributed by atoms with Gasteiger partial charge in [0.1, 0.15) is 0 Å². The molecule has 1 atom stereocenters. The molecule has 1 heterocycles. The Morgan fingerprint density at radius 2 is 1.67 bits per heavy atom. The molecule has 30 heavy (non-hydrogen) atoms. The summed E-state index contributed by atoms with van der Waals surface area (Å²) in [4.78, 5) is 19.2. The molecule has 176 valence electrons. The number of rotatable bonds is 10. The van der Waals surface area contributed by atoms with Gasteiger partial charge in [-0.3, -0.25) is 14.7 Å². The molecule has 0 radical (unpaired) electrons. The summed E-state index contributed by atoms with van der Waals surface area (Å²) in [6.07, 6.45) is 8.10. The Balaban J connectivity index is 0.00000450. The summed E-state index contributed by atoms with van der Waals surface area (Å²) >= 11 is 0. The van der Waals surface area contributed by atoms with Gasteiger partial charge in [-0.2, -0.15) is 0 Å². The van der Waals surface area contributed by atoms with Gasteiger partial charge >= 0.3 is 0 Å². The molecule has 1 saturated heterocycles. The van der Waals surface area contributed by atoms with Crippen molar-refractivity contribution >= 4 is 35.8 Å². The van der Waals surface area contributed by atoms with Gasteiger partial charge in [0.05, 0.1) is 13.2 Å². The molecule has 2 aliphatic rings. The van der Waals surface area contributed by atoms with Gasteiger partial charge in [-0.1, -0.05) is 46.0 Å². The molecule has 7 nitrogen and oxygen atoms in total. The second-order valence-electron chi connectivity index (χ2n) is 8.30. The topological polar surface area (TPSA) is 78.0 Å². The molecular formula is C22H44IN5O2. The lowest BCUT2D eigenvalue weighted by atomic mass is 9.89. The summed E-state index contributed by atoms with van der Waals surface area (Å²) in [6, 6.07) is 0.485. The summed E-state index contributed by atoms with van der Waals surface area (Å²) in [5.74, 6) is 1.90. The monoisotopic (exact) mass is 537 g/mol. The van der Waals surface area contributed by atoms with Gasteiger partial charge in [0.25, 0.3) is 0 Å². The fourth-order valence-corrected chi connectivity index (χ4v) is 4.63. The van der Waals surface area contributed by atoms with E-state index in [1.807, 2.05) is 0 Å². The second-order valence-corrected chi connectivity index (χ2v) is 8.30. The molecular weight excluding hydrogens is 493 g/mol. The van der Waals surface area contributed by atoms with Crippen molar-refractivity contribution in [3.63, 3.8) is 0 Å². The standard InChI is InChI=1S/C22H43N5O2.HI/c1-4-18(5-2)20(27-13-15-29-16-14-27)17-26-22(23-3)25-12-11-24-21(28)19-9-7-6-8-10-19;/h18-20H,4-17H2,1-3H3,(H,24,28)(H2,23,25,26);1H. The van der Waals surface area contributed by atoms with Crippen LogP contribution in [0.1, 0.15) is 58.8 Å². The van der Waals surface area contributed by atoms with Crippen LogP contribution in [0, 0.1) is 11.8 Å². The smallest absolute Gasteiger partial charge is 0.223 e. The van der Waals surface area contributed by atoms with Crippen LogP contribution >= 0.6 is 24.0 Å². The number of nitrogens with one attached hydrogen (secondary N) is 3. The van der Waals surface area contributed by atoms with E-state index in [1.165, 1.54) is 32.1 Å². The molecule has 0 aromatic heterocycles. The van der Waals surface area contributed by atoms with E-state index in [-0.39, 0.29) is 35.8 Å². The van der Waals surface area contributed by atoms with Crippen LogP contribution in [0.2, 0.25) is 0 Å². The van der Waals surface area contributed by atoms with Crippen LogP contribution in [0.15, 0.2) is 4.99 Å². The number of hydrogen-bond acceptors (Lipinski definition) is 4. The number of carbonyl (C=O) groups is 1. The molecule has 2 rings (SSSR count). The number of carbonyl (C=O) groups excluding carboxylic acids is 1. The molecule has 1 aliphatic heterocycles. The van der Waals surface area contributed by atoms with Crippen molar-refractivity contribution in [2.75, 3.05) is 53.0 Å². The van der Waals surface area contributed by atoms with E-state index >= 15 is 0 Å². The van der Waals surface area contributed by atoms with Gasteiger partial charge in [-0.25, -0.2) is 0 Å². The van der Waals surface area contributed by atoms with E-state index in [4.69, 9.17) is 4.74 Å². The van der Waals surface area contributed by atoms with E-state index in [9.17, 15) is 4.79 Å². The number of aliphatic imine (C=N–C) groups is 1. The number of nitrogens with zero attached hydrogens (tertiary/aromatic N) is 2. The molecule has 0 aromatic carbocycles. The maximum Gasteiger partial charge on any atom is 0.223 e. The second kappa shape index (κ2) is 16.1. The number of ether oxygens (including phenoxy) is 1. The number of amides is 1. The Morgan fingerprint density at radius 1 is 1.03 bits per heavy atom. The average molecular weight is 538 g/mol. The van der Waals surface area contributed by atoms with Crippen LogP contribution in [0.4, 0.5) is 0 Å². The minimum absolute atomic E-state index is 0. The lowest BCUT2D eigenvalue weighted by Gasteiger charge is -2.39. The van der Waals surface area contributed by atoms with Crippen LogP contribution in [0.5, 0.6) is 0 Å². The highest BCUT2D eigenvalue weighted by atomic mass is 127. The number of halogens is 1. The van der Waals surface area contributed by atoms with Crippen molar-refractivity contribution in [2.24, 2.45) is 16.8 Å². The Bertz CT molecular complexity index is 490. The lowest BCUT2D eigenvalue weighted by Crippen LogP contribution is -2.53. The van der Waals surface area contributed by atoms with Gasteiger partial charge in [-0.15, -0.1) is 24.0 Å². The Hall–Kier alpha value is -0.610. The Morgan fingerprint density at radius 3 is 2.27 bits per heavy atom. The van der Waals surface area contributed by atoms with Crippen LogP contribution in [0.25, 0.3) is 0 Å². The van der Waals surface area contributed by atoms with Crippen LogP contribution in [-0.4, -0.2) is 75.8 Å². The molecule has 1 aliphatic carbocycles. The van der Waals surface area contributed by atoms with Crippen molar-refractivity contribution in [3.05, 3.63) is 0 Å². The minimum atomic E-state index is 0. The minimum Gasteiger partial charge on any atom is -0.379 e. The summed E-state index contributed by atoms with van der Waals surface area (Å²) in [5.41, 5.74) is 0. The number of guanidine groups is 1. The third kappa shape index (κ3) is 9.26. The first-order chi connectivity index (χ1) is 14.2. The average Bonchev–Trinajstić information content (AvgIpc) is 2.78. The van der Waals surface area contributed by atoms with Crippen LogP contribution < -0.4 is 16.0 Å². The van der Waals surface area contributed by atoms with Crippen molar-refractivity contribution < 1.29 is 9.53 Å². The van der Waals surface area contributed by atoms with Crippen molar-refractivity contribution in [1.29, 1.82) is 0 Å². The fourth-order valence-electron chi connectivity index (χ4n) is 4.63. The number of morpholine rings is 1. The highest BCUT2D eigenvalue weighted by molar-refractivity contribution is 14.0. The molecule has 2 fully saturated rings. The molecule has 1 amide bonds. The highest BCUT2D eigenvalue weighted by Gasteiger charge is 2.27. The van der Waals surface area contributed by atoms with E-state index in [1.54, 1.807) is 7.05 Å². The zero-order valence-corrected chi connectivity index (χ0v) is 21.6. The third-order valence-corrected chi connectivity index (χ3v) is 6.50. The van der Waals surface area contributed by atoms with Crippen molar-refractivity contribution in [3.8, 4) is 0 Å². The molecule has 8 heteroatoms. The SMILES string of the molecule is CCC(CC)C(CNC(=NC)NCCNC(=O)C1CCCCC1)N1CCOCC1.I. The first-order valence-corrected chi connectivity index (χ1v) is 11.7. The predicted octanol–water partition coefficient (Wildman–Crippen LogP) is 2.60. The predicted molar refractivity (Wildman–Crippen MR) is 135 cm³/mol. The zero-order chi connectivity index (χ0) is 20.9. The maximum absolute atomic E-state index is 12.2. The highest BCUT2D eigenvalue weighted by Crippen LogP contribution is 2.23. The Labute approximate surface area is 200 Å². The molecule has 0 spiro atoms. The van der Waals surface area contributed by atoms with Gasteiger partial charge in [0.15, 0.2) is 5.96 Å². The molecule has 1 unspecified atom stereocenters. The van der Waals surface area contributed by atoms with Crippen LogP contribution in [-0.2, 0) is 9.53 Å². The van der Waals surface area contributed by atoms with Gasteiger partial charge in [0, 0.05) is 51.7 Å². The van der Waals surface area contributed by atoms with Crippen LogP contribution in [0.3, 0.4) is 0 Å². The quantitative estimate of drug-likeness (QED) is 0.173. The fraction of sp³-hybridized carbons (Fsp3) is 0.909. The first kappa shape index (κ1) is 27.4. The van der Waals surface area contributed by atoms with E-state index < -0.39 is 0 Å². The van der Waals surface area contributed by atoms with Gasteiger partial charge in [-0.05, 0) is 18.8 Å². The lowest BCUT2D eigenvalue weighted by molar-refractivity contribution is -0.125. The van der Waals surface area contributed by atoms with Gasteiger partial charge < -0.3 is 20.7 Å². The Kier molecular flexibility index (Phi) is 14.7. The van der Waals surface area contributed by atoms with Gasteiger partial charge in [0.2, 0.25) is 5.91 Å². The van der Waals surface area contributed by atoms with Crippen molar-refractivity contribution in [2.45, 2.75) is 64.8 Å².